The summed E-state index contributed by atoms with van der Waals surface area (Å²) in [6.07, 6.45) is 5.91. The van der Waals surface area contributed by atoms with Gasteiger partial charge in [0.25, 0.3) is 5.88 Å². The monoisotopic (exact) mass is 439 g/mol. The van der Waals surface area contributed by atoms with E-state index in [-0.39, 0.29) is 11.8 Å². The van der Waals surface area contributed by atoms with Gasteiger partial charge in [-0.15, -0.1) is 0 Å². The van der Waals surface area contributed by atoms with Crippen molar-refractivity contribution in [3.8, 4) is 11.6 Å². The molecule has 0 bridgehead atoms. The van der Waals surface area contributed by atoms with Crippen molar-refractivity contribution in [2.45, 2.75) is 26.2 Å². The van der Waals surface area contributed by atoms with Crippen molar-refractivity contribution >= 4 is 11.7 Å². The lowest BCUT2D eigenvalue weighted by atomic mass is 9.96. The second-order valence-corrected chi connectivity index (χ2v) is 8.46. The highest BCUT2D eigenvalue weighted by Gasteiger charge is 2.27. The van der Waals surface area contributed by atoms with Crippen LogP contribution < -0.4 is 15.0 Å². The standard InChI is InChI=1S/C24H33N5O3/c1-19-3-5-21(6-4-19)32-24-22(25-10-11-27-24)29-13-7-20(8-14-29)23(30)26-9-2-12-28-15-17-31-18-16-28/h3-6,10-11,20H,2,7-9,12-18H2,1H3,(H,26,30). The topological polar surface area (TPSA) is 79.8 Å². The van der Waals surface area contributed by atoms with Crippen LogP contribution in [0.4, 0.5) is 5.82 Å². The summed E-state index contributed by atoms with van der Waals surface area (Å²) < 4.78 is 11.4. The zero-order valence-corrected chi connectivity index (χ0v) is 18.8. The SMILES string of the molecule is Cc1ccc(Oc2nccnc2N2CCC(C(=O)NCCCN3CCOCC3)CC2)cc1. The second kappa shape index (κ2) is 11.2. The van der Waals surface area contributed by atoms with Gasteiger partial charge in [-0.25, -0.2) is 9.97 Å². The third-order valence-electron chi connectivity index (χ3n) is 6.10. The Hall–Kier alpha value is -2.71. The van der Waals surface area contributed by atoms with Crippen molar-refractivity contribution in [1.29, 1.82) is 0 Å². The summed E-state index contributed by atoms with van der Waals surface area (Å²) in [4.78, 5) is 26.1. The first-order chi connectivity index (χ1) is 15.7. The lowest BCUT2D eigenvalue weighted by Crippen LogP contribution is -2.42. The quantitative estimate of drug-likeness (QED) is 0.634. The van der Waals surface area contributed by atoms with Gasteiger partial charge in [-0.3, -0.25) is 9.69 Å². The largest absolute Gasteiger partial charge is 0.436 e. The molecule has 0 unspecified atom stereocenters. The number of carbonyl (C=O) groups is 1. The van der Waals surface area contributed by atoms with Gasteiger partial charge in [-0.1, -0.05) is 17.7 Å². The normalized spacial score (nSPS) is 17.8. The van der Waals surface area contributed by atoms with E-state index in [0.29, 0.717) is 5.88 Å². The Kier molecular flexibility index (Phi) is 7.90. The molecule has 4 rings (SSSR count). The number of aromatic nitrogens is 2. The molecule has 0 aliphatic carbocycles. The summed E-state index contributed by atoms with van der Waals surface area (Å²) in [5.74, 6) is 2.19. The van der Waals surface area contributed by atoms with E-state index in [4.69, 9.17) is 9.47 Å². The molecule has 2 fully saturated rings. The molecule has 1 N–H and O–H groups in total. The molecule has 1 aromatic carbocycles. The van der Waals surface area contributed by atoms with Gasteiger partial charge in [0, 0.05) is 51.0 Å². The number of benzene rings is 1. The average molecular weight is 440 g/mol. The smallest absolute Gasteiger partial charge is 0.263 e. The fraction of sp³-hybridized carbons (Fsp3) is 0.542. The summed E-state index contributed by atoms with van der Waals surface area (Å²) in [7, 11) is 0. The van der Waals surface area contributed by atoms with Crippen molar-refractivity contribution < 1.29 is 14.3 Å². The van der Waals surface area contributed by atoms with Crippen LogP contribution in [0.3, 0.4) is 0 Å². The highest BCUT2D eigenvalue weighted by atomic mass is 16.5. The number of ether oxygens (including phenoxy) is 2. The number of rotatable bonds is 8. The first-order valence-corrected chi connectivity index (χ1v) is 11.6. The number of aryl methyl sites for hydroxylation is 1. The number of morpholine rings is 1. The molecule has 0 atom stereocenters. The molecule has 0 radical (unpaired) electrons. The maximum atomic E-state index is 12.6. The highest BCUT2D eigenvalue weighted by molar-refractivity contribution is 5.79. The molecule has 1 amide bonds. The van der Waals surface area contributed by atoms with Crippen molar-refractivity contribution in [3.05, 3.63) is 42.2 Å². The van der Waals surface area contributed by atoms with Gasteiger partial charge in [0.15, 0.2) is 5.82 Å². The summed E-state index contributed by atoms with van der Waals surface area (Å²) in [6.45, 7) is 8.91. The van der Waals surface area contributed by atoms with Gasteiger partial charge < -0.3 is 19.7 Å². The zero-order valence-electron chi connectivity index (χ0n) is 18.8. The molecular formula is C24H33N5O3. The van der Waals surface area contributed by atoms with Crippen LogP contribution in [0.5, 0.6) is 11.6 Å². The highest BCUT2D eigenvalue weighted by Crippen LogP contribution is 2.31. The van der Waals surface area contributed by atoms with Crippen molar-refractivity contribution in [3.63, 3.8) is 0 Å². The third-order valence-corrected chi connectivity index (χ3v) is 6.10. The van der Waals surface area contributed by atoms with Gasteiger partial charge in [0.1, 0.15) is 5.75 Å². The lowest BCUT2D eigenvalue weighted by molar-refractivity contribution is -0.125. The lowest BCUT2D eigenvalue weighted by Gasteiger charge is -2.32. The van der Waals surface area contributed by atoms with Gasteiger partial charge in [-0.05, 0) is 44.9 Å². The Bertz CT molecular complexity index is 862. The molecule has 32 heavy (non-hydrogen) atoms. The summed E-state index contributed by atoms with van der Waals surface area (Å²) in [5, 5.41) is 3.13. The van der Waals surface area contributed by atoms with E-state index in [0.717, 1.165) is 83.3 Å². The number of anilines is 1. The van der Waals surface area contributed by atoms with Crippen LogP contribution in [0.2, 0.25) is 0 Å². The Morgan fingerprint density at radius 3 is 2.56 bits per heavy atom. The van der Waals surface area contributed by atoms with E-state index in [9.17, 15) is 4.79 Å². The molecule has 0 spiro atoms. The summed E-state index contributed by atoms with van der Waals surface area (Å²) in [5.41, 5.74) is 1.18. The van der Waals surface area contributed by atoms with Crippen molar-refractivity contribution in [2.75, 3.05) is 57.4 Å². The summed E-state index contributed by atoms with van der Waals surface area (Å²) >= 11 is 0. The molecule has 2 saturated heterocycles. The van der Waals surface area contributed by atoms with E-state index >= 15 is 0 Å². The molecule has 3 heterocycles. The van der Waals surface area contributed by atoms with Gasteiger partial charge in [0.05, 0.1) is 13.2 Å². The molecule has 172 valence electrons. The number of amides is 1. The van der Waals surface area contributed by atoms with E-state index in [1.54, 1.807) is 12.4 Å². The maximum Gasteiger partial charge on any atom is 0.263 e. The van der Waals surface area contributed by atoms with Crippen LogP contribution in [0.1, 0.15) is 24.8 Å². The molecular weight excluding hydrogens is 406 g/mol. The van der Waals surface area contributed by atoms with E-state index in [2.05, 4.69) is 25.1 Å². The van der Waals surface area contributed by atoms with E-state index < -0.39 is 0 Å². The van der Waals surface area contributed by atoms with Crippen molar-refractivity contribution in [1.82, 2.24) is 20.2 Å². The number of carbonyl (C=O) groups excluding carboxylic acids is 1. The number of nitrogens with zero attached hydrogens (tertiary/aromatic N) is 4. The Balaban J connectivity index is 1.23. The Morgan fingerprint density at radius 2 is 1.81 bits per heavy atom. The fourth-order valence-corrected chi connectivity index (χ4v) is 4.16. The van der Waals surface area contributed by atoms with Gasteiger partial charge >= 0.3 is 0 Å². The van der Waals surface area contributed by atoms with Crippen LogP contribution in [0.25, 0.3) is 0 Å². The Morgan fingerprint density at radius 1 is 1.09 bits per heavy atom. The predicted molar refractivity (Wildman–Crippen MR) is 123 cm³/mol. The first kappa shape index (κ1) is 22.5. The Labute approximate surface area is 189 Å². The minimum atomic E-state index is 0.0489. The number of hydrogen-bond acceptors (Lipinski definition) is 7. The third kappa shape index (κ3) is 6.17. The van der Waals surface area contributed by atoms with Crippen LogP contribution in [0, 0.1) is 12.8 Å². The molecule has 0 saturated carbocycles. The van der Waals surface area contributed by atoms with Gasteiger partial charge in [0.2, 0.25) is 5.91 Å². The van der Waals surface area contributed by atoms with E-state index in [1.165, 1.54) is 5.56 Å². The average Bonchev–Trinajstić information content (AvgIpc) is 2.84. The van der Waals surface area contributed by atoms with Crippen LogP contribution in [-0.4, -0.2) is 73.3 Å². The van der Waals surface area contributed by atoms with Crippen LogP contribution in [0.15, 0.2) is 36.7 Å². The minimum absolute atomic E-state index is 0.0489. The number of hydrogen-bond donors (Lipinski definition) is 1. The molecule has 8 nitrogen and oxygen atoms in total. The maximum absolute atomic E-state index is 12.6. The van der Waals surface area contributed by atoms with E-state index in [1.807, 2.05) is 31.2 Å². The fourth-order valence-electron chi connectivity index (χ4n) is 4.16. The molecule has 2 aliphatic heterocycles. The molecule has 8 heteroatoms. The van der Waals surface area contributed by atoms with Crippen molar-refractivity contribution in [2.24, 2.45) is 5.92 Å². The molecule has 2 aliphatic rings. The molecule has 1 aromatic heterocycles. The summed E-state index contributed by atoms with van der Waals surface area (Å²) in [6, 6.07) is 7.89. The number of piperidine rings is 1. The van der Waals surface area contributed by atoms with Crippen LogP contribution in [-0.2, 0) is 9.53 Å². The molecule has 2 aromatic rings. The van der Waals surface area contributed by atoms with Crippen LogP contribution >= 0.6 is 0 Å². The van der Waals surface area contributed by atoms with Gasteiger partial charge in [-0.2, -0.15) is 0 Å². The first-order valence-electron chi connectivity index (χ1n) is 11.6. The zero-order chi connectivity index (χ0) is 22.2. The minimum Gasteiger partial charge on any atom is -0.436 e. The second-order valence-electron chi connectivity index (χ2n) is 8.46. The predicted octanol–water partition coefficient (Wildman–Crippen LogP) is 2.63. The number of nitrogens with one attached hydrogen (secondary N) is 1.